The first kappa shape index (κ1) is 12.9. The monoisotopic (exact) mass is 295 g/mol. The van der Waals surface area contributed by atoms with Crippen molar-refractivity contribution < 1.29 is 0 Å². The van der Waals surface area contributed by atoms with Crippen LogP contribution in [-0.2, 0) is 0 Å². The summed E-state index contributed by atoms with van der Waals surface area (Å²) in [5, 5.41) is 3.73. The Morgan fingerprint density at radius 2 is 2.00 bits per heavy atom. The molecule has 94 valence electrons. The molecule has 1 aliphatic rings. The molecule has 17 heavy (non-hydrogen) atoms. The second-order valence-electron chi connectivity index (χ2n) is 5.61. The molecule has 1 N–H and O–H groups in total. The summed E-state index contributed by atoms with van der Waals surface area (Å²) < 4.78 is 1.16. The van der Waals surface area contributed by atoms with Crippen molar-refractivity contribution in [1.29, 1.82) is 0 Å². The number of benzene rings is 1. The molecule has 1 nitrogen and oxygen atoms in total. The van der Waals surface area contributed by atoms with E-state index in [1.807, 2.05) is 0 Å². The molecule has 0 spiro atoms. The van der Waals surface area contributed by atoms with E-state index in [-0.39, 0.29) is 0 Å². The number of hydrogen-bond donors (Lipinski definition) is 1. The third-order valence-electron chi connectivity index (χ3n) is 3.97. The molecule has 0 bridgehead atoms. The summed E-state index contributed by atoms with van der Waals surface area (Å²) in [6, 6.07) is 7.11. The fourth-order valence-electron chi connectivity index (χ4n) is 2.83. The van der Waals surface area contributed by atoms with Crippen LogP contribution in [0, 0.1) is 18.8 Å². The minimum atomic E-state index is 0.638. The molecule has 0 aliphatic heterocycles. The van der Waals surface area contributed by atoms with Crippen LogP contribution in [0.4, 0.5) is 5.69 Å². The van der Waals surface area contributed by atoms with Crippen molar-refractivity contribution in [3.63, 3.8) is 0 Å². The molecule has 2 heteroatoms. The smallest absolute Gasteiger partial charge is 0.0383 e. The molecular formula is C15H22BrN. The van der Waals surface area contributed by atoms with Crippen molar-refractivity contribution in [1.82, 2.24) is 0 Å². The van der Waals surface area contributed by atoms with E-state index in [2.05, 4.69) is 60.2 Å². The summed E-state index contributed by atoms with van der Waals surface area (Å²) in [7, 11) is 0. The zero-order chi connectivity index (χ0) is 12.4. The van der Waals surface area contributed by atoms with Gasteiger partial charge in [-0.15, -0.1) is 0 Å². The molecule has 0 aromatic heterocycles. The average molecular weight is 296 g/mol. The summed E-state index contributed by atoms with van der Waals surface area (Å²) >= 11 is 3.55. The number of anilines is 1. The van der Waals surface area contributed by atoms with Crippen molar-refractivity contribution in [3.05, 3.63) is 28.2 Å². The fraction of sp³-hybridized carbons (Fsp3) is 0.600. The van der Waals surface area contributed by atoms with Gasteiger partial charge in [-0.3, -0.25) is 0 Å². The lowest BCUT2D eigenvalue weighted by Gasteiger charge is -2.34. The lowest BCUT2D eigenvalue weighted by molar-refractivity contribution is 0.276. The topological polar surface area (TPSA) is 12.0 Å². The zero-order valence-corrected chi connectivity index (χ0v) is 12.5. The Morgan fingerprint density at radius 3 is 2.71 bits per heavy atom. The van der Waals surface area contributed by atoms with E-state index in [0.717, 1.165) is 16.3 Å². The fourth-order valence-corrected chi connectivity index (χ4v) is 3.19. The first-order valence-corrected chi connectivity index (χ1v) is 7.38. The first-order valence-electron chi connectivity index (χ1n) is 6.59. The van der Waals surface area contributed by atoms with Gasteiger partial charge in [-0.1, -0.05) is 35.8 Å². The van der Waals surface area contributed by atoms with E-state index in [1.165, 1.54) is 30.5 Å². The molecule has 0 amide bonds. The van der Waals surface area contributed by atoms with Gasteiger partial charge in [0.25, 0.3) is 0 Å². The van der Waals surface area contributed by atoms with Crippen LogP contribution in [-0.4, -0.2) is 6.04 Å². The van der Waals surface area contributed by atoms with Gasteiger partial charge in [0.2, 0.25) is 0 Å². The number of hydrogen-bond acceptors (Lipinski definition) is 1. The summed E-state index contributed by atoms with van der Waals surface area (Å²) in [5.41, 5.74) is 2.62. The van der Waals surface area contributed by atoms with Crippen molar-refractivity contribution >= 4 is 21.6 Å². The third kappa shape index (κ3) is 3.25. The van der Waals surface area contributed by atoms with Crippen molar-refractivity contribution in [2.45, 2.75) is 46.1 Å². The first-order chi connectivity index (χ1) is 8.06. The highest BCUT2D eigenvalue weighted by molar-refractivity contribution is 9.10. The van der Waals surface area contributed by atoms with Gasteiger partial charge in [0.15, 0.2) is 0 Å². The van der Waals surface area contributed by atoms with Crippen LogP contribution in [0.1, 0.15) is 38.7 Å². The maximum atomic E-state index is 3.73. The molecule has 1 aliphatic carbocycles. The van der Waals surface area contributed by atoms with Gasteiger partial charge in [-0.25, -0.2) is 0 Å². The normalized spacial score (nSPS) is 29.1. The van der Waals surface area contributed by atoms with Crippen LogP contribution >= 0.6 is 15.9 Å². The maximum absolute atomic E-state index is 3.73. The van der Waals surface area contributed by atoms with Gasteiger partial charge >= 0.3 is 0 Å². The Bertz CT molecular complexity index is 389. The molecule has 3 atom stereocenters. The molecule has 3 unspecified atom stereocenters. The molecule has 1 fully saturated rings. The highest BCUT2D eigenvalue weighted by Gasteiger charge is 2.25. The second kappa shape index (κ2) is 5.43. The molecule has 0 radical (unpaired) electrons. The van der Waals surface area contributed by atoms with E-state index in [4.69, 9.17) is 0 Å². The van der Waals surface area contributed by atoms with E-state index in [1.54, 1.807) is 0 Å². The van der Waals surface area contributed by atoms with Gasteiger partial charge in [0.05, 0.1) is 0 Å². The minimum Gasteiger partial charge on any atom is -0.382 e. The van der Waals surface area contributed by atoms with E-state index < -0.39 is 0 Å². The third-order valence-corrected chi connectivity index (χ3v) is 4.47. The molecule has 1 aromatic rings. The van der Waals surface area contributed by atoms with E-state index in [0.29, 0.717) is 6.04 Å². The Kier molecular flexibility index (Phi) is 4.13. The molecule has 0 heterocycles. The van der Waals surface area contributed by atoms with Crippen molar-refractivity contribution in [2.24, 2.45) is 11.8 Å². The van der Waals surface area contributed by atoms with Gasteiger partial charge in [0, 0.05) is 16.2 Å². The van der Waals surface area contributed by atoms with Crippen LogP contribution in [0.2, 0.25) is 0 Å². The summed E-state index contributed by atoms with van der Waals surface area (Å²) in [6.07, 6.45) is 4.01. The minimum absolute atomic E-state index is 0.638. The molecule has 1 saturated carbocycles. The largest absolute Gasteiger partial charge is 0.382 e. The van der Waals surface area contributed by atoms with E-state index in [9.17, 15) is 0 Å². The van der Waals surface area contributed by atoms with Crippen LogP contribution in [0.5, 0.6) is 0 Å². The summed E-state index contributed by atoms with van der Waals surface area (Å²) in [6.45, 7) is 6.92. The Morgan fingerprint density at radius 1 is 1.24 bits per heavy atom. The number of aryl methyl sites for hydroxylation is 1. The highest BCUT2D eigenvalue weighted by Crippen LogP contribution is 2.32. The Hall–Kier alpha value is -0.500. The van der Waals surface area contributed by atoms with Gasteiger partial charge in [-0.05, 0) is 55.7 Å². The lowest BCUT2D eigenvalue weighted by Crippen LogP contribution is -2.33. The Balaban J connectivity index is 2.07. The second-order valence-corrected chi connectivity index (χ2v) is 6.52. The average Bonchev–Trinajstić information content (AvgIpc) is 2.27. The quantitative estimate of drug-likeness (QED) is 0.810. The van der Waals surface area contributed by atoms with Crippen LogP contribution in [0.25, 0.3) is 0 Å². The number of nitrogens with one attached hydrogen (secondary N) is 1. The van der Waals surface area contributed by atoms with Crippen LogP contribution in [0.15, 0.2) is 22.7 Å². The highest BCUT2D eigenvalue weighted by atomic mass is 79.9. The molecule has 2 rings (SSSR count). The van der Waals surface area contributed by atoms with Gasteiger partial charge in [0.1, 0.15) is 0 Å². The Labute approximate surface area is 113 Å². The van der Waals surface area contributed by atoms with Crippen molar-refractivity contribution in [2.75, 3.05) is 5.32 Å². The lowest BCUT2D eigenvalue weighted by atomic mass is 9.80. The standard InChI is InChI=1S/C15H22BrN/c1-10-4-7-14(12(3)8-10)17-15-9-13(16)6-5-11(15)2/h5-6,9-10,12,14,17H,4,7-8H2,1-3H3. The molecular weight excluding hydrogens is 274 g/mol. The molecule has 0 saturated heterocycles. The van der Waals surface area contributed by atoms with Crippen LogP contribution in [0.3, 0.4) is 0 Å². The van der Waals surface area contributed by atoms with Crippen LogP contribution < -0.4 is 5.32 Å². The van der Waals surface area contributed by atoms with Crippen molar-refractivity contribution in [3.8, 4) is 0 Å². The zero-order valence-electron chi connectivity index (χ0n) is 11.0. The van der Waals surface area contributed by atoms with Gasteiger partial charge in [-0.2, -0.15) is 0 Å². The number of halogens is 1. The summed E-state index contributed by atoms with van der Waals surface area (Å²) in [4.78, 5) is 0. The van der Waals surface area contributed by atoms with Gasteiger partial charge < -0.3 is 5.32 Å². The SMILES string of the molecule is Cc1ccc(Br)cc1NC1CCC(C)CC1C. The maximum Gasteiger partial charge on any atom is 0.0383 e. The molecule has 1 aromatic carbocycles. The van der Waals surface area contributed by atoms with E-state index >= 15 is 0 Å². The summed E-state index contributed by atoms with van der Waals surface area (Å²) in [5.74, 6) is 1.67. The predicted molar refractivity (Wildman–Crippen MR) is 78.5 cm³/mol. The number of rotatable bonds is 2. The predicted octanol–water partition coefficient (Wildman–Crippen LogP) is 4.99.